The van der Waals surface area contributed by atoms with E-state index in [0.717, 1.165) is 5.56 Å². The summed E-state index contributed by atoms with van der Waals surface area (Å²) in [7, 11) is 5.86. The molecule has 0 saturated carbocycles. The Balaban J connectivity index is 2.11. The van der Waals surface area contributed by atoms with Crippen molar-refractivity contribution >= 4 is 23.3 Å². The molecule has 2 aromatic heterocycles. The molecule has 0 bridgehead atoms. The van der Waals surface area contributed by atoms with Gasteiger partial charge in [0.25, 0.3) is 0 Å². The molecule has 1 atom stereocenters. The third-order valence-corrected chi connectivity index (χ3v) is 3.61. The van der Waals surface area contributed by atoms with Crippen LogP contribution in [0.5, 0.6) is 0 Å². The molecule has 0 aliphatic carbocycles. The molecule has 0 fully saturated rings. The predicted molar refractivity (Wildman–Crippen MR) is 85.9 cm³/mol. The summed E-state index contributed by atoms with van der Waals surface area (Å²) < 4.78 is 1.76. The number of nitrogens with one attached hydrogen (secondary N) is 1. The molecular weight excluding hydrogens is 304 g/mol. The van der Waals surface area contributed by atoms with E-state index in [1.807, 2.05) is 33.5 Å². The number of carbonyl (C=O) groups is 1. The highest BCUT2D eigenvalue weighted by atomic mass is 35.5. The van der Waals surface area contributed by atoms with E-state index in [4.69, 9.17) is 17.3 Å². The number of amides is 1. The largest absolute Gasteiger partial charge is 0.367 e. The Kier molecular flexibility index (Phi) is 4.99. The Bertz CT molecular complexity index is 669. The van der Waals surface area contributed by atoms with Crippen LogP contribution in [0.2, 0.25) is 5.02 Å². The average Bonchev–Trinajstić information content (AvgIpc) is 2.86. The second kappa shape index (κ2) is 6.76. The van der Waals surface area contributed by atoms with Gasteiger partial charge in [-0.3, -0.25) is 9.48 Å². The number of carbonyl (C=O) groups excluding carboxylic acids is 1. The quantitative estimate of drug-likeness (QED) is 0.836. The number of aryl methyl sites for hydroxylation is 1. The third kappa shape index (κ3) is 3.75. The van der Waals surface area contributed by atoms with Crippen molar-refractivity contribution in [2.45, 2.75) is 6.04 Å². The van der Waals surface area contributed by atoms with Crippen molar-refractivity contribution in [1.29, 1.82) is 0 Å². The summed E-state index contributed by atoms with van der Waals surface area (Å²) in [5.74, 6) is -0.0371. The van der Waals surface area contributed by atoms with Crippen molar-refractivity contribution in [1.82, 2.24) is 19.7 Å². The lowest BCUT2D eigenvalue weighted by Gasteiger charge is -2.24. The minimum Gasteiger partial charge on any atom is -0.367 e. The molecule has 0 aliphatic rings. The molecule has 2 aromatic rings. The van der Waals surface area contributed by atoms with Gasteiger partial charge in [-0.1, -0.05) is 11.6 Å². The number of anilines is 1. The van der Waals surface area contributed by atoms with Gasteiger partial charge in [0.2, 0.25) is 5.91 Å². The second-order valence-electron chi connectivity index (χ2n) is 5.23. The highest BCUT2D eigenvalue weighted by molar-refractivity contribution is 6.33. The van der Waals surface area contributed by atoms with Crippen LogP contribution in [0.15, 0.2) is 24.7 Å². The van der Waals surface area contributed by atoms with Gasteiger partial charge in [-0.15, -0.1) is 0 Å². The molecule has 0 spiro atoms. The maximum atomic E-state index is 11.1. The van der Waals surface area contributed by atoms with Crippen molar-refractivity contribution in [3.8, 4) is 0 Å². The standard InChI is InChI=1S/C14H19ClN6O/c1-20(2)12(10-6-19-21(3)8-10)7-18-14-11(15)4-9(5-17-14)13(16)22/h4-6,8,12H,7H2,1-3H3,(H2,16,22)(H,17,18). The van der Waals surface area contributed by atoms with Crippen LogP contribution in [0.4, 0.5) is 5.82 Å². The molecule has 0 saturated heterocycles. The summed E-state index contributed by atoms with van der Waals surface area (Å²) in [5.41, 5.74) is 6.57. The molecule has 7 nitrogen and oxygen atoms in total. The number of primary amides is 1. The van der Waals surface area contributed by atoms with Crippen molar-refractivity contribution < 1.29 is 4.79 Å². The molecule has 0 aliphatic heterocycles. The minimum absolute atomic E-state index is 0.113. The molecule has 1 unspecified atom stereocenters. The Hall–Kier alpha value is -2.12. The monoisotopic (exact) mass is 322 g/mol. The zero-order chi connectivity index (χ0) is 16.3. The van der Waals surface area contributed by atoms with Crippen LogP contribution in [0.25, 0.3) is 0 Å². The van der Waals surface area contributed by atoms with Gasteiger partial charge in [-0.05, 0) is 20.2 Å². The van der Waals surface area contributed by atoms with Crippen LogP contribution < -0.4 is 11.1 Å². The molecule has 0 radical (unpaired) electrons. The lowest BCUT2D eigenvalue weighted by atomic mass is 10.1. The van der Waals surface area contributed by atoms with E-state index in [0.29, 0.717) is 17.4 Å². The lowest BCUT2D eigenvalue weighted by molar-refractivity contribution is 0.1000. The number of rotatable bonds is 6. The van der Waals surface area contributed by atoms with Crippen molar-refractivity contribution in [2.24, 2.45) is 12.8 Å². The third-order valence-electron chi connectivity index (χ3n) is 3.32. The van der Waals surface area contributed by atoms with Gasteiger partial charge in [0, 0.05) is 31.5 Å². The molecular formula is C14H19ClN6O. The summed E-state index contributed by atoms with van der Waals surface area (Å²) in [5, 5.41) is 7.75. The summed E-state index contributed by atoms with van der Waals surface area (Å²) >= 11 is 6.12. The van der Waals surface area contributed by atoms with Crippen molar-refractivity contribution in [3.05, 3.63) is 40.8 Å². The van der Waals surface area contributed by atoms with Crippen molar-refractivity contribution in [2.75, 3.05) is 26.0 Å². The number of halogens is 1. The Morgan fingerprint density at radius 2 is 2.23 bits per heavy atom. The molecule has 2 heterocycles. The first-order valence-electron chi connectivity index (χ1n) is 6.72. The smallest absolute Gasteiger partial charge is 0.250 e. The van der Waals surface area contributed by atoms with E-state index >= 15 is 0 Å². The lowest BCUT2D eigenvalue weighted by Crippen LogP contribution is -2.27. The summed E-state index contributed by atoms with van der Waals surface area (Å²) in [6, 6.07) is 1.62. The first-order valence-corrected chi connectivity index (χ1v) is 7.10. The summed E-state index contributed by atoms with van der Waals surface area (Å²) in [6.45, 7) is 0.599. The first kappa shape index (κ1) is 16.3. The molecule has 3 N–H and O–H groups in total. The zero-order valence-electron chi connectivity index (χ0n) is 12.7. The van der Waals surface area contributed by atoms with Crippen LogP contribution >= 0.6 is 11.6 Å². The van der Waals surface area contributed by atoms with Gasteiger partial charge in [0.1, 0.15) is 5.82 Å². The maximum Gasteiger partial charge on any atom is 0.250 e. The maximum absolute atomic E-state index is 11.1. The fourth-order valence-corrected chi connectivity index (χ4v) is 2.34. The van der Waals surface area contributed by atoms with Gasteiger partial charge in [-0.25, -0.2) is 4.98 Å². The van der Waals surface area contributed by atoms with E-state index < -0.39 is 5.91 Å². The predicted octanol–water partition coefficient (Wildman–Crippen LogP) is 1.28. The highest BCUT2D eigenvalue weighted by Gasteiger charge is 2.16. The summed E-state index contributed by atoms with van der Waals surface area (Å²) in [6.07, 6.45) is 5.21. The normalized spacial score (nSPS) is 12.4. The Morgan fingerprint density at radius 1 is 1.50 bits per heavy atom. The van der Waals surface area contributed by atoms with E-state index in [-0.39, 0.29) is 11.6 Å². The summed E-state index contributed by atoms with van der Waals surface area (Å²) in [4.78, 5) is 17.3. The van der Waals surface area contributed by atoms with Gasteiger partial charge < -0.3 is 16.0 Å². The fourth-order valence-electron chi connectivity index (χ4n) is 2.11. The van der Waals surface area contributed by atoms with Crippen LogP contribution in [0.3, 0.4) is 0 Å². The van der Waals surface area contributed by atoms with Crippen LogP contribution in [0, 0.1) is 0 Å². The van der Waals surface area contributed by atoms with E-state index in [1.165, 1.54) is 12.3 Å². The Labute approximate surface area is 134 Å². The van der Waals surface area contributed by atoms with Crippen LogP contribution in [-0.2, 0) is 7.05 Å². The first-order chi connectivity index (χ1) is 10.4. The number of hydrogen-bond donors (Lipinski definition) is 2. The number of hydrogen-bond acceptors (Lipinski definition) is 5. The number of nitrogens with two attached hydrogens (primary N) is 1. The molecule has 8 heteroatoms. The van der Waals surface area contributed by atoms with Gasteiger partial charge in [-0.2, -0.15) is 5.10 Å². The van der Waals surface area contributed by atoms with E-state index in [1.54, 1.807) is 4.68 Å². The number of likely N-dealkylation sites (N-methyl/N-ethyl adjacent to an activating group) is 1. The zero-order valence-corrected chi connectivity index (χ0v) is 13.5. The van der Waals surface area contributed by atoms with Gasteiger partial charge >= 0.3 is 0 Å². The van der Waals surface area contributed by atoms with Crippen molar-refractivity contribution in [3.63, 3.8) is 0 Å². The minimum atomic E-state index is -0.553. The molecule has 1 amide bonds. The molecule has 22 heavy (non-hydrogen) atoms. The van der Waals surface area contributed by atoms with Gasteiger partial charge in [0.15, 0.2) is 0 Å². The topological polar surface area (TPSA) is 89.1 Å². The van der Waals surface area contributed by atoms with Gasteiger partial charge in [0.05, 0.1) is 22.8 Å². The van der Waals surface area contributed by atoms with Crippen LogP contribution in [0.1, 0.15) is 22.0 Å². The SMILES string of the molecule is CN(C)C(CNc1ncc(C(N)=O)cc1Cl)c1cnn(C)c1. The number of pyridine rings is 1. The average molecular weight is 323 g/mol. The van der Waals surface area contributed by atoms with E-state index in [9.17, 15) is 4.79 Å². The second-order valence-corrected chi connectivity index (χ2v) is 5.63. The molecule has 2 rings (SSSR count). The number of nitrogens with zero attached hydrogens (tertiary/aromatic N) is 4. The fraction of sp³-hybridized carbons (Fsp3) is 0.357. The molecule has 0 aromatic carbocycles. The van der Waals surface area contributed by atoms with Crippen LogP contribution in [-0.4, -0.2) is 46.2 Å². The van der Waals surface area contributed by atoms with E-state index in [2.05, 4.69) is 20.3 Å². The highest BCUT2D eigenvalue weighted by Crippen LogP contribution is 2.23. The Morgan fingerprint density at radius 3 is 2.73 bits per heavy atom. The number of aromatic nitrogens is 3. The molecule has 118 valence electrons.